The van der Waals surface area contributed by atoms with E-state index in [0.29, 0.717) is 34.5 Å². The zero-order chi connectivity index (χ0) is 21.3. The number of thiophene rings is 1. The maximum atomic E-state index is 12.9. The van der Waals surface area contributed by atoms with Gasteiger partial charge in [0.15, 0.2) is 23.1 Å². The molecule has 30 heavy (non-hydrogen) atoms. The summed E-state index contributed by atoms with van der Waals surface area (Å²) < 4.78 is 16.0. The van der Waals surface area contributed by atoms with Crippen molar-refractivity contribution in [1.82, 2.24) is 15.3 Å². The molecular formula is C22H21N3O4S. The summed E-state index contributed by atoms with van der Waals surface area (Å²) in [6, 6.07) is 9.18. The molecule has 0 spiro atoms. The van der Waals surface area contributed by atoms with Gasteiger partial charge in [0.25, 0.3) is 5.91 Å². The van der Waals surface area contributed by atoms with Crippen molar-refractivity contribution in [2.75, 3.05) is 14.2 Å². The second-order valence-corrected chi connectivity index (χ2v) is 7.72. The summed E-state index contributed by atoms with van der Waals surface area (Å²) in [4.78, 5) is 23.4. The van der Waals surface area contributed by atoms with Crippen LogP contribution in [0.3, 0.4) is 0 Å². The van der Waals surface area contributed by atoms with Gasteiger partial charge in [-0.15, -0.1) is 11.3 Å². The van der Waals surface area contributed by atoms with Gasteiger partial charge in [-0.2, -0.15) is 0 Å². The van der Waals surface area contributed by atoms with Gasteiger partial charge in [-0.05, 0) is 49.2 Å². The molecule has 1 aromatic carbocycles. The summed E-state index contributed by atoms with van der Waals surface area (Å²) in [6.45, 7) is 4.21. The number of hydrogen-bond donors (Lipinski definition) is 1. The van der Waals surface area contributed by atoms with Gasteiger partial charge >= 0.3 is 0 Å². The molecule has 0 unspecified atom stereocenters. The van der Waals surface area contributed by atoms with Gasteiger partial charge < -0.3 is 19.2 Å². The lowest BCUT2D eigenvalue weighted by Gasteiger charge is -2.10. The number of amides is 1. The fourth-order valence-corrected chi connectivity index (χ4v) is 4.47. The largest absolute Gasteiger partial charge is 0.493 e. The average Bonchev–Trinajstić information content (AvgIpc) is 3.40. The van der Waals surface area contributed by atoms with Crippen molar-refractivity contribution in [3.05, 3.63) is 58.3 Å². The second kappa shape index (κ2) is 8.16. The van der Waals surface area contributed by atoms with Crippen molar-refractivity contribution >= 4 is 27.5 Å². The number of fused-ring (bicyclic) bond motifs is 1. The summed E-state index contributed by atoms with van der Waals surface area (Å²) in [5.41, 5.74) is 2.61. The molecule has 0 saturated carbocycles. The van der Waals surface area contributed by atoms with Crippen molar-refractivity contribution in [3.63, 3.8) is 0 Å². The number of nitrogens with one attached hydrogen (secondary N) is 1. The molecule has 3 aromatic heterocycles. The molecule has 0 atom stereocenters. The standard InChI is InChI=1S/C22H21N3O4S/c1-12-18-13(2)24-20(16-6-5-9-29-16)25-22(18)30-19(12)21(26)23-11-14-7-8-15(27-3)17(10-14)28-4/h5-10H,11H2,1-4H3,(H,23,26). The zero-order valence-electron chi connectivity index (χ0n) is 17.1. The third-order valence-electron chi connectivity index (χ3n) is 4.82. The Bertz CT molecular complexity index is 1220. The van der Waals surface area contributed by atoms with Gasteiger partial charge in [0.1, 0.15) is 4.83 Å². The molecule has 0 bridgehead atoms. The molecule has 8 heteroatoms. The number of carbonyl (C=O) groups is 1. The van der Waals surface area contributed by atoms with Crippen LogP contribution in [0.25, 0.3) is 21.8 Å². The Morgan fingerprint density at radius 2 is 1.93 bits per heavy atom. The molecule has 0 radical (unpaired) electrons. The quantitative estimate of drug-likeness (QED) is 0.491. The van der Waals surface area contributed by atoms with E-state index in [2.05, 4.69) is 15.3 Å². The first-order chi connectivity index (χ1) is 14.5. The number of ether oxygens (including phenoxy) is 2. The summed E-state index contributed by atoms with van der Waals surface area (Å²) in [7, 11) is 3.17. The van der Waals surface area contributed by atoms with Crippen LogP contribution in [0.15, 0.2) is 41.0 Å². The van der Waals surface area contributed by atoms with Crippen LogP contribution in [0.2, 0.25) is 0 Å². The number of nitrogens with zero attached hydrogens (tertiary/aromatic N) is 2. The lowest BCUT2D eigenvalue weighted by atomic mass is 10.1. The highest BCUT2D eigenvalue weighted by Crippen LogP contribution is 2.33. The number of furan rings is 1. The van der Waals surface area contributed by atoms with Gasteiger partial charge in [0.05, 0.1) is 31.1 Å². The number of rotatable bonds is 6. The minimum absolute atomic E-state index is 0.149. The molecule has 0 aliphatic heterocycles. The number of carbonyl (C=O) groups excluding carboxylic acids is 1. The Balaban J connectivity index is 1.59. The van der Waals surface area contributed by atoms with Crippen LogP contribution in [0.5, 0.6) is 11.5 Å². The molecule has 0 fully saturated rings. The molecule has 4 aromatic rings. The third-order valence-corrected chi connectivity index (χ3v) is 6.00. The van der Waals surface area contributed by atoms with Gasteiger partial charge in [0.2, 0.25) is 0 Å². The maximum Gasteiger partial charge on any atom is 0.261 e. The van der Waals surface area contributed by atoms with Crippen molar-refractivity contribution in [2.24, 2.45) is 0 Å². The predicted molar refractivity (Wildman–Crippen MR) is 115 cm³/mol. The van der Waals surface area contributed by atoms with Gasteiger partial charge in [-0.3, -0.25) is 4.79 Å². The van der Waals surface area contributed by atoms with E-state index in [1.807, 2.05) is 38.1 Å². The van der Waals surface area contributed by atoms with Crippen LogP contribution in [0, 0.1) is 13.8 Å². The van der Waals surface area contributed by atoms with E-state index in [1.54, 1.807) is 26.5 Å². The minimum Gasteiger partial charge on any atom is -0.493 e. The Kier molecular flexibility index (Phi) is 5.41. The Morgan fingerprint density at radius 1 is 1.13 bits per heavy atom. The van der Waals surface area contributed by atoms with Crippen molar-refractivity contribution in [2.45, 2.75) is 20.4 Å². The molecule has 1 amide bonds. The van der Waals surface area contributed by atoms with E-state index >= 15 is 0 Å². The highest BCUT2D eigenvalue weighted by atomic mass is 32.1. The van der Waals surface area contributed by atoms with Gasteiger partial charge in [-0.1, -0.05) is 6.07 Å². The summed E-state index contributed by atoms with van der Waals surface area (Å²) >= 11 is 1.36. The van der Waals surface area contributed by atoms with E-state index in [9.17, 15) is 4.79 Å². The lowest BCUT2D eigenvalue weighted by Crippen LogP contribution is -2.22. The molecule has 3 heterocycles. The van der Waals surface area contributed by atoms with E-state index in [1.165, 1.54) is 11.3 Å². The van der Waals surface area contributed by atoms with Crippen LogP contribution >= 0.6 is 11.3 Å². The highest BCUT2D eigenvalue weighted by molar-refractivity contribution is 7.20. The first kappa shape index (κ1) is 19.9. The number of aryl methyl sites for hydroxylation is 2. The van der Waals surface area contributed by atoms with Crippen LogP contribution in [0.4, 0.5) is 0 Å². The zero-order valence-corrected chi connectivity index (χ0v) is 17.9. The molecule has 0 aliphatic carbocycles. The second-order valence-electron chi connectivity index (χ2n) is 6.72. The predicted octanol–water partition coefficient (Wildman–Crippen LogP) is 4.52. The van der Waals surface area contributed by atoms with Crippen molar-refractivity contribution in [1.29, 1.82) is 0 Å². The van der Waals surface area contributed by atoms with Gasteiger partial charge in [-0.25, -0.2) is 9.97 Å². The molecule has 4 rings (SSSR count). The minimum atomic E-state index is -0.149. The summed E-state index contributed by atoms with van der Waals surface area (Å²) in [5.74, 6) is 2.24. The molecule has 0 saturated heterocycles. The van der Waals surface area contributed by atoms with Crippen LogP contribution in [-0.2, 0) is 6.54 Å². The van der Waals surface area contributed by atoms with Crippen LogP contribution in [0.1, 0.15) is 26.5 Å². The number of hydrogen-bond acceptors (Lipinski definition) is 7. The number of methoxy groups -OCH3 is 2. The van der Waals surface area contributed by atoms with Gasteiger partial charge in [0, 0.05) is 11.9 Å². The fourth-order valence-electron chi connectivity index (χ4n) is 3.32. The number of aromatic nitrogens is 2. The van der Waals surface area contributed by atoms with E-state index in [-0.39, 0.29) is 5.91 Å². The highest BCUT2D eigenvalue weighted by Gasteiger charge is 2.20. The Morgan fingerprint density at radius 3 is 2.63 bits per heavy atom. The molecule has 1 N–H and O–H groups in total. The average molecular weight is 423 g/mol. The Labute approximate surface area is 177 Å². The van der Waals surface area contributed by atoms with Crippen LogP contribution in [-0.4, -0.2) is 30.1 Å². The molecule has 0 aliphatic rings. The number of benzene rings is 1. The molecular weight excluding hydrogens is 402 g/mol. The van der Waals surface area contributed by atoms with E-state index < -0.39 is 0 Å². The maximum absolute atomic E-state index is 12.9. The lowest BCUT2D eigenvalue weighted by molar-refractivity contribution is 0.0954. The van der Waals surface area contributed by atoms with Crippen molar-refractivity contribution in [3.8, 4) is 23.1 Å². The van der Waals surface area contributed by atoms with E-state index in [0.717, 1.165) is 27.0 Å². The first-order valence-corrected chi connectivity index (χ1v) is 10.1. The smallest absolute Gasteiger partial charge is 0.261 e. The summed E-state index contributed by atoms with van der Waals surface area (Å²) in [6.07, 6.45) is 1.59. The monoisotopic (exact) mass is 423 g/mol. The Hall–Kier alpha value is -3.39. The first-order valence-electron chi connectivity index (χ1n) is 9.32. The fraction of sp³-hybridized carbons (Fsp3) is 0.227. The summed E-state index contributed by atoms with van der Waals surface area (Å²) in [5, 5.41) is 3.88. The molecule has 154 valence electrons. The van der Waals surface area contributed by atoms with E-state index in [4.69, 9.17) is 13.9 Å². The van der Waals surface area contributed by atoms with Crippen LogP contribution < -0.4 is 14.8 Å². The molecule has 7 nitrogen and oxygen atoms in total. The van der Waals surface area contributed by atoms with Crippen molar-refractivity contribution < 1.29 is 18.7 Å². The topological polar surface area (TPSA) is 86.5 Å². The SMILES string of the molecule is COc1ccc(CNC(=O)c2sc3nc(-c4ccco4)nc(C)c3c2C)cc1OC. The third kappa shape index (κ3) is 3.61. The normalized spacial score (nSPS) is 10.9.